The van der Waals surface area contributed by atoms with Gasteiger partial charge in [-0.3, -0.25) is 0 Å². The summed E-state index contributed by atoms with van der Waals surface area (Å²) in [6.45, 7) is 4.01. The first kappa shape index (κ1) is 20.7. The Morgan fingerprint density at radius 3 is 2.56 bits per heavy atom. The second-order valence-electron chi connectivity index (χ2n) is 9.27. The number of anilines is 4. The van der Waals surface area contributed by atoms with E-state index in [1.165, 1.54) is 24.7 Å². The second kappa shape index (κ2) is 8.14. The van der Waals surface area contributed by atoms with Gasteiger partial charge in [0.2, 0.25) is 0 Å². The Balaban J connectivity index is 1.24. The van der Waals surface area contributed by atoms with Crippen molar-refractivity contribution in [3.05, 3.63) is 66.6 Å². The zero-order valence-electron chi connectivity index (χ0n) is 18.9. The first-order valence-electron chi connectivity index (χ1n) is 11.6. The van der Waals surface area contributed by atoms with Crippen LogP contribution in [0.2, 0.25) is 0 Å². The molecule has 0 saturated carbocycles. The summed E-state index contributed by atoms with van der Waals surface area (Å²) in [7, 11) is 0. The molecule has 4 heterocycles. The van der Waals surface area contributed by atoms with Crippen molar-refractivity contribution in [2.75, 3.05) is 42.3 Å². The Hall–Kier alpha value is -3.91. The van der Waals surface area contributed by atoms with E-state index >= 15 is 0 Å². The van der Waals surface area contributed by atoms with Crippen LogP contribution in [0.4, 0.5) is 22.9 Å². The zero-order chi connectivity index (χ0) is 23.1. The normalized spacial score (nSPS) is 17.0. The number of nitrogens with zero attached hydrogens (tertiary/aromatic N) is 4. The summed E-state index contributed by atoms with van der Waals surface area (Å²) >= 11 is 0. The minimum atomic E-state index is 0.439. The molecule has 0 aliphatic carbocycles. The SMILES string of the molecule is N=Cc1ccc(-c2cn3ccnc3c(Nc3ccc(N4CCC5(CC4)COC5)cc3)n2)cc1N. The van der Waals surface area contributed by atoms with Crippen LogP contribution >= 0.6 is 0 Å². The van der Waals surface area contributed by atoms with Gasteiger partial charge < -0.3 is 30.5 Å². The minimum absolute atomic E-state index is 0.439. The Morgan fingerprint density at radius 1 is 1.09 bits per heavy atom. The van der Waals surface area contributed by atoms with E-state index in [4.69, 9.17) is 20.9 Å². The second-order valence-corrected chi connectivity index (χ2v) is 9.27. The lowest BCUT2D eigenvalue weighted by Crippen LogP contribution is -2.50. The smallest absolute Gasteiger partial charge is 0.180 e. The van der Waals surface area contributed by atoms with Crippen molar-refractivity contribution in [2.24, 2.45) is 5.41 Å². The van der Waals surface area contributed by atoms with E-state index in [2.05, 4.69) is 39.5 Å². The van der Waals surface area contributed by atoms with Gasteiger partial charge in [0.1, 0.15) is 0 Å². The number of benzene rings is 2. The molecule has 0 atom stereocenters. The average molecular weight is 454 g/mol. The van der Waals surface area contributed by atoms with Gasteiger partial charge in [-0.15, -0.1) is 0 Å². The molecule has 1 spiro atoms. The summed E-state index contributed by atoms with van der Waals surface area (Å²) in [4.78, 5) is 11.8. The van der Waals surface area contributed by atoms with Gasteiger partial charge in [-0.2, -0.15) is 0 Å². The maximum atomic E-state index is 7.46. The molecule has 6 rings (SSSR count). The molecule has 2 aromatic carbocycles. The summed E-state index contributed by atoms with van der Waals surface area (Å²) in [5.74, 6) is 0.676. The van der Waals surface area contributed by atoms with Crippen molar-refractivity contribution in [3.63, 3.8) is 0 Å². The fourth-order valence-corrected chi connectivity index (χ4v) is 4.83. The summed E-state index contributed by atoms with van der Waals surface area (Å²) in [6.07, 6.45) is 9.26. The van der Waals surface area contributed by atoms with Crippen LogP contribution in [0.1, 0.15) is 18.4 Å². The molecule has 2 fully saturated rings. The van der Waals surface area contributed by atoms with Crippen LogP contribution in [0.3, 0.4) is 0 Å². The van der Waals surface area contributed by atoms with E-state index in [-0.39, 0.29) is 0 Å². The van der Waals surface area contributed by atoms with E-state index in [0.29, 0.717) is 22.5 Å². The van der Waals surface area contributed by atoms with Gasteiger partial charge in [-0.1, -0.05) is 12.1 Å². The molecule has 2 saturated heterocycles. The predicted molar refractivity (Wildman–Crippen MR) is 135 cm³/mol. The highest BCUT2D eigenvalue weighted by Gasteiger charge is 2.41. The van der Waals surface area contributed by atoms with Gasteiger partial charge in [0, 0.05) is 71.5 Å². The number of hydrogen-bond acceptors (Lipinski definition) is 7. The van der Waals surface area contributed by atoms with E-state index < -0.39 is 0 Å². The van der Waals surface area contributed by atoms with Crippen molar-refractivity contribution in [1.29, 1.82) is 5.41 Å². The van der Waals surface area contributed by atoms with Gasteiger partial charge in [-0.25, -0.2) is 9.97 Å². The number of fused-ring (bicyclic) bond motifs is 1. The van der Waals surface area contributed by atoms with E-state index in [1.807, 2.05) is 35.0 Å². The molecule has 34 heavy (non-hydrogen) atoms. The zero-order valence-corrected chi connectivity index (χ0v) is 18.9. The van der Waals surface area contributed by atoms with E-state index in [0.717, 1.165) is 48.9 Å². The van der Waals surface area contributed by atoms with Crippen LogP contribution in [0.5, 0.6) is 0 Å². The van der Waals surface area contributed by atoms with Gasteiger partial charge in [0.15, 0.2) is 11.5 Å². The molecule has 2 aliphatic rings. The van der Waals surface area contributed by atoms with Gasteiger partial charge in [0.05, 0.1) is 18.9 Å². The first-order valence-corrected chi connectivity index (χ1v) is 11.6. The number of nitrogens with one attached hydrogen (secondary N) is 2. The van der Waals surface area contributed by atoms with Crippen molar-refractivity contribution in [1.82, 2.24) is 14.4 Å². The molecule has 4 N–H and O–H groups in total. The Kier molecular flexibility index (Phi) is 4.95. The summed E-state index contributed by atoms with van der Waals surface area (Å²) in [6, 6.07) is 14.1. The molecular weight excluding hydrogens is 426 g/mol. The number of hydrogen-bond donors (Lipinski definition) is 3. The number of imidazole rings is 1. The lowest BCUT2D eigenvalue weighted by Gasteiger charge is -2.47. The van der Waals surface area contributed by atoms with Crippen LogP contribution in [0.15, 0.2) is 61.1 Å². The van der Waals surface area contributed by atoms with Crippen molar-refractivity contribution >= 4 is 34.7 Å². The molecule has 2 aromatic heterocycles. The van der Waals surface area contributed by atoms with Gasteiger partial charge in [0.25, 0.3) is 0 Å². The highest BCUT2D eigenvalue weighted by atomic mass is 16.5. The number of nitrogens with two attached hydrogens (primary N) is 1. The van der Waals surface area contributed by atoms with Crippen LogP contribution in [0, 0.1) is 10.8 Å². The number of ether oxygens (including phenoxy) is 1. The average Bonchev–Trinajstić information content (AvgIpc) is 3.33. The maximum Gasteiger partial charge on any atom is 0.180 e. The number of rotatable bonds is 5. The van der Waals surface area contributed by atoms with Crippen LogP contribution in [0.25, 0.3) is 16.9 Å². The largest absolute Gasteiger partial charge is 0.398 e. The fourth-order valence-electron chi connectivity index (χ4n) is 4.83. The quantitative estimate of drug-likeness (QED) is 0.307. The van der Waals surface area contributed by atoms with Gasteiger partial charge >= 0.3 is 0 Å². The van der Waals surface area contributed by atoms with Crippen molar-refractivity contribution < 1.29 is 4.74 Å². The van der Waals surface area contributed by atoms with E-state index in [1.54, 1.807) is 6.20 Å². The lowest BCUT2D eigenvalue weighted by molar-refractivity contribution is -0.124. The third-order valence-electron chi connectivity index (χ3n) is 7.05. The van der Waals surface area contributed by atoms with Crippen molar-refractivity contribution in [3.8, 4) is 11.3 Å². The highest BCUT2D eigenvalue weighted by molar-refractivity contribution is 5.87. The molecule has 4 aromatic rings. The molecule has 0 unspecified atom stereocenters. The fraction of sp³-hybridized carbons (Fsp3) is 0.269. The predicted octanol–water partition coefficient (Wildman–Crippen LogP) is 4.34. The Morgan fingerprint density at radius 2 is 1.88 bits per heavy atom. The molecule has 172 valence electrons. The maximum absolute atomic E-state index is 7.46. The Bertz CT molecular complexity index is 1350. The standard InChI is InChI=1S/C26H27N7O/c27-14-19-2-1-18(13-22(19)28)23-15-33-12-9-29-25(33)24(31-23)30-20-3-5-21(6-4-20)32-10-7-26(8-11-32)16-34-17-26/h1-6,9,12-15,27H,7-8,10-11,16-17,28H2,(H,30,31). The molecule has 0 bridgehead atoms. The molecular formula is C26H27N7O. The van der Waals surface area contributed by atoms with Crippen molar-refractivity contribution in [2.45, 2.75) is 12.8 Å². The topological polar surface area (TPSA) is 105 Å². The molecule has 0 radical (unpaired) electrons. The molecule has 0 amide bonds. The summed E-state index contributed by atoms with van der Waals surface area (Å²) in [5.41, 5.74) is 12.4. The van der Waals surface area contributed by atoms with Crippen LogP contribution in [-0.2, 0) is 4.74 Å². The number of piperidine rings is 1. The first-order chi connectivity index (χ1) is 16.6. The van der Waals surface area contributed by atoms with Gasteiger partial charge in [-0.05, 0) is 43.2 Å². The lowest BCUT2D eigenvalue weighted by atomic mass is 9.77. The highest BCUT2D eigenvalue weighted by Crippen LogP contribution is 2.39. The molecule has 8 nitrogen and oxygen atoms in total. The monoisotopic (exact) mass is 453 g/mol. The summed E-state index contributed by atoms with van der Waals surface area (Å²) < 4.78 is 7.40. The minimum Gasteiger partial charge on any atom is -0.398 e. The third-order valence-corrected chi connectivity index (χ3v) is 7.05. The van der Waals surface area contributed by atoms with Crippen LogP contribution < -0.4 is 16.0 Å². The molecule has 8 heteroatoms. The van der Waals surface area contributed by atoms with Crippen LogP contribution in [-0.4, -0.2) is 46.9 Å². The third kappa shape index (κ3) is 3.66. The molecule has 2 aliphatic heterocycles. The Labute approximate surface area is 197 Å². The number of aromatic nitrogens is 3. The summed E-state index contributed by atoms with van der Waals surface area (Å²) in [5, 5.41) is 10.9. The number of nitrogen functional groups attached to an aromatic ring is 1. The van der Waals surface area contributed by atoms with E-state index in [9.17, 15) is 0 Å².